The molecule has 0 radical (unpaired) electrons. The smallest absolute Gasteiger partial charge is 0.205 e. The van der Waals surface area contributed by atoms with E-state index in [2.05, 4.69) is 12.1 Å². The molecule has 1 aromatic heterocycles. The van der Waals surface area contributed by atoms with Gasteiger partial charge in [0.05, 0.1) is 17.6 Å². The summed E-state index contributed by atoms with van der Waals surface area (Å²) in [7, 11) is 0. The fraction of sp³-hybridized carbons (Fsp3) is 0.333. The number of hydrogen-bond acceptors (Lipinski definition) is 5. The van der Waals surface area contributed by atoms with E-state index in [1.807, 2.05) is 38.3 Å². The largest absolute Gasteiger partial charge is 0.443 e. The van der Waals surface area contributed by atoms with Gasteiger partial charge in [-0.05, 0) is 11.4 Å². The van der Waals surface area contributed by atoms with Crippen LogP contribution in [-0.2, 0) is 4.74 Å². The standard InChI is InChI=1S/C15H15N3OS/c1-15(2,3)13-9(7-16)12(11-5-4-6-20-11)10(8-17)14(18)19-13/h4-6,12H,18H2,1-3H3. The molecule has 0 fully saturated rings. The Hall–Kier alpha value is -2.24. The van der Waals surface area contributed by atoms with Crippen molar-refractivity contribution in [3.63, 3.8) is 0 Å². The van der Waals surface area contributed by atoms with Crippen molar-refractivity contribution in [2.45, 2.75) is 26.7 Å². The SMILES string of the molecule is CC(C)(C)C1=C(C#N)C(c2cccs2)C(C#N)=C(N)O1. The summed E-state index contributed by atoms with van der Waals surface area (Å²) in [5, 5.41) is 20.8. The summed E-state index contributed by atoms with van der Waals surface area (Å²) in [4.78, 5) is 0.922. The summed E-state index contributed by atoms with van der Waals surface area (Å²) >= 11 is 1.50. The molecular weight excluding hydrogens is 270 g/mol. The first-order valence-electron chi connectivity index (χ1n) is 6.16. The Morgan fingerprint density at radius 2 is 1.90 bits per heavy atom. The van der Waals surface area contributed by atoms with Crippen LogP contribution < -0.4 is 5.73 Å². The van der Waals surface area contributed by atoms with E-state index in [0.29, 0.717) is 16.9 Å². The zero-order valence-electron chi connectivity index (χ0n) is 11.6. The van der Waals surface area contributed by atoms with E-state index < -0.39 is 5.92 Å². The molecule has 0 saturated heterocycles. The Bertz CT molecular complexity index is 663. The van der Waals surface area contributed by atoms with Crippen LogP contribution in [0.4, 0.5) is 0 Å². The van der Waals surface area contributed by atoms with Gasteiger partial charge in [0.2, 0.25) is 5.88 Å². The number of allylic oxidation sites excluding steroid dienone is 3. The average Bonchev–Trinajstić information content (AvgIpc) is 2.89. The highest BCUT2D eigenvalue weighted by atomic mass is 32.1. The molecule has 1 unspecified atom stereocenters. The summed E-state index contributed by atoms with van der Waals surface area (Å²) in [5.74, 6) is 0.206. The molecule has 0 aromatic carbocycles. The third-order valence-electron chi connectivity index (χ3n) is 3.05. The fourth-order valence-electron chi connectivity index (χ4n) is 2.17. The highest BCUT2D eigenvalue weighted by molar-refractivity contribution is 7.10. The van der Waals surface area contributed by atoms with E-state index in [-0.39, 0.29) is 11.3 Å². The van der Waals surface area contributed by atoms with E-state index in [1.54, 1.807) is 0 Å². The molecule has 0 amide bonds. The van der Waals surface area contributed by atoms with Gasteiger partial charge in [0, 0.05) is 10.3 Å². The fourth-order valence-corrected chi connectivity index (χ4v) is 3.01. The van der Waals surface area contributed by atoms with Crippen molar-refractivity contribution in [2.75, 3.05) is 0 Å². The van der Waals surface area contributed by atoms with Crippen LogP contribution in [0.5, 0.6) is 0 Å². The lowest BCUT2D eigenvalue weighted by Gasteiger charge is -2.31. The second-order valence-electron chi connectivity index (χ2n) is 5.54. The second kappa shape index (κ2) is 5.03. The molecule has 102 valence electrons. The summed E-state index contributed by atoms with van der Waals surface area (Å²) in [6.45, 7) is 5.86. The van der Waals surface area contributed by atoms with E-state index in [1.165, 1.54) is 11.3 Å². The summed E-state index contributed by atoms with van der Waals surface area (Å²) in [6.07, 6.45) is 0. The normalized spacial score (nSPS) is 19.4. The Balaban J connectivity index is 2.69. The van der Waals surface area contributed by atoms with Gasteiger partial charge in [-0.15, -0.1) is 11.3 Å². The van der Waals surface area contributed by atoms with Gasteiger partial charge in [0.15, 0.2) is 0 Å². The number of nitriles is 2. The third kappa shape index (κ3) is 2.29. The summed E-state index contributed by atoms with van der Waals surface area (Å²) in [6, 6.07) is 8.08. The van der Waals surface area contributed by atoms with Gasteiger partial charge in [0.1, 0.15) is 17.4 Å². The molecule has 20 heavy (non-hydrogen) atoms. The maximum Gasteiger partial charge on any atom is 0.205 e. The predicted octanol–water partition coefficient (Wildman–Crippen LogP) is 3.38. The molecule has 2 heterocycles. The van der Waals surface area contributed by atoms with Crippen LogP contribution in [0.1, 0.15) is 31.6 Å². The summed E-state index contributed by atoms with van der Waals surface area (Å²) in [5.41, 5.74) is 6.30. The monoisotopic (exact) mass is 285 g/mol. The molecule has 1 atom stereocenters. The van der Waals surface area contributed by atoms with Crippen molar-refractivity contribution in [1.29, 1.82) is 10.5 Å². The van der Waals surface area contributed by atoms with Gasteiger partial charge < -0.3 is 10.5 Å². The molecule has 2 N–H and O–H groups in total. The molecule has 0 aliphatic carbocycles. The van der Waals surface area contributed by atoms with Gasteiger partial charge in [0.25, 0.3) is 0 Å². The molecular formula is C15H15N3OS. The van der Waals surface area contributed by atoms with Crippen LogP contribution in [-0.4, -0.2) is 0 Å². The van der Waals surface area contributed by atoms with Crippen LogP contribution in [0.3, 0.4) is 0 Å². The number of nitrogens with two attached hydrogens (primary N) is 1. The van der Waals surface area contributed by atoms with Gasteiger partial charge in [-0.3, -0.25) is 0 Å². The quantitative estimate of drug-likeness (QED) is 0.857. The van der Waals surface area contributed by atoms with Crippen molar-refractivity contribution in [3.05, 3.63) is 45.2 Å². The van der Waals surface area contributed by atoms with Crippen molar-refractivity contribution < 1.29 is 4.74 Å². The van der Waals surface area contributed by atoms with E-state index in [9.17, 15) is 10.5 Å². The van der Waals surface area contributed by atoms with Gasteiger partial charge in [-0.25, -0.2) is 0 Å². The molecule has 1 aromatic rings. The number of rotatable bonds is 1. The first kappa shape index (κ1) is 14.2. The number of nitrogens with zero attached hydrogens (tertiary/aromatic N) is 2. The Labute approximate surface area is 122 Å². The highest BCUT2D eigenvalue weighted by Crippen LogP contribution is 2.44. The summed E-state index contributed by atoms with van der Waals surface area (Å²) < 4.78 is 5.58. The number of hydrogen-bond donors (Lipinski definition) is 1. The zero-order valence-corrected chi connectivity index (χ0v) is 12.4. The molecule has 1 aliphatic rings. The lowest BCUT2D eigenvalue weighted by molar-refractivity contribution is 0.199. The van der Waals surface area contributed by atoms with Crippen LogP contribution >= 0.6 is 11.3 Å². The predicted molar refractivity (Wildman–Crippen MR) is 77.1 cm³/mol. The van der Waals surface area contributed by atoms with Crippen molar-refractivity contribution in [3.8, 4) is 12.1 Å². The first-order valence-corrected chi connectivity index (χ1v) is 7.03. The Morgan fingerprint density at radius 1 is 1.25 bits per heavy atom. The minimum absolute atomic E-state index is 0.0924. The van der Waals surface area contributed by atoms with Crippen LogP contribution in [0, 0.1) is 28.1 Å². The molecule has 0 spiro atoms. The van der Waals surface area contributed by atoms with Crippen molar-refractivity contribution in [1.82, 2.24) is 0 Å². The molecule has 0 saturated carbocycles. The highest BCUT2D eigenvalue weighted by Gasteiger charge is 2.37. The van der Waals surface area contributed by atoms with Gasteiger partial charge >= 0.3 is 0 Å². The zero-order chi connectivity index (χ0) is 14.9. The third-order valence-corrected chi connectivity index (χ3v) is 3.99. The first-order chi connectivity index (χ1) is 9.40. The number of thiophene rings is 1. The van der Waals surface area contributed by atoms with Crippen LogP contribution in [0.15, 0.2) is 40.3 Å². The van der Waals surface area contributed by atoms with Crippen molar-refractivity contribution in [2.24, 2.45) is 11.1 Å². The van der Waals surface area contributed by atoms with Gasteiger partial charge in [-0.2, -0.15) is 10.5 Å². The molecule has 1 aliphatic heterocycles. The molecule has 2 rings (SSSR count). The van der Waals surface area contributed by atoms with Crippen molar-refractivity contribution >= 4 is 11.3 Å². The lowest BCUT2D eigenvalue weighted by Crippen LogP contribution is -2.26. The van der Waals surface area contributed by atoms with E-state index in [4.69, 9.17) is 10.5 Å². The van der Waals surface area contributed by atoms with Crippen LogP contribution in [0.25, 0.3) is 0 Å². The minimum Gasteiger partial charge on any atom is -0.443 e. The molecule has 4 nitrogen and oxygen atoms in total. The average molecular weight is 285 g/mol. The van der Waals surface area contributed by atoms with Crippen LogP contribution in [0.2, 0.25) is 0 Å². The second-order valence-corrected chi connectivity index (χ2v) is 6.52. The minimum atomic E-state index is -0.423. The number of ether oxygens (including phenoxy) is 1. The lowest BCUT2D eigenvalue weighted by atomic mass is 9.81. The van der Waals surface area contributed by atoms with E-state index >= 15 is 0 Å². The topological polar surface area (TPSA) is 82.8 Å². The Kier molecular flexibility index (Phi) is 3.57. The van der Waals surface area contributed by atoms with Gasteiger partial charge in [-0.1, -0.05) is 26.8 Å². The maximum atomic E-state index is 9.54. The molecule has 0 bridgehead atoms. The Morgan fingerprint density at radius 3 is 2.35 bits per heavy atom. The maximum absolute atomic E-state index is 9.54. The van der Waals surface area contributed by atoms with E-state index in [0.717, 1.165) is 4.88 Å². The molecule has 5 heteroatoms.